The van der Waals surface area contributed by atoms with Gasteiger partial charge >= 0.3 is 0 Å². The third-order valence-electron chi connectivity index (χ3n) is 2.56. The lowest BCUT2D eigenvalue weighted by Crippen LogP contribution is -1.88. The van der Waals surface area contributed by atoms with Crippen LogP contribution in [0.4, 0.5) is 0 Å². The zero-order valence-corrected chi connectivity index (χ0v) is 11.0. The first-order valence-electron chi connectivity index (χ1n) is 5.48. The summed E-state index contributed by atoms with van der Waals surface area (Å²) in [5, 5.41) is 1.51. The summed E-state index contributed by atoms with van der Waals surface area (Å²) in [7, 11) is 0. The molecule has 0 aliphatic carbocycles. The second-order valence-electron chi connectivity index (χ2n) is 3.81. The third-order valence-corrected chi connectivity index (χ3v) is 3.82. The number of fused-ring (bicyclic) bond motifs is 1. The first-order chi connectivity index (χ1) is 8.83. The van der Waals surface area contributed by atoms with E-state index in [9.17, 15) is 0 Å². The van der Waals surface area contributed by atoms with Gasteiger partial charge in [0.15, 0.2) is 5.16 Å². The number of pyridine rings is 2. The van der Waals surface area contributed by atoms with Crippen LogP contribution in [0.3, 0.4) is 0 Å². The molecule has 0 aliphatic rings. The minimum Gasteiger partial charge on any atom is -0.295 e. The second-order valence-corrected chi connectivity index (χ2v) is 5.14. The number of aromatic nitrogens is 3. The van der Waals surface area contributed by atoms with Crippen LogP contribution in [0.2, 0.25) is 5.15 Å². The molecule has 0 amide bonds. The summed E-state index contributed by atoms with van der Waals surface area (Å²) in [5.41, 5.74) is 2.24. The number of thioether (sulfide) groups is 1. The van der Waals surface area contributed by atoms with Crippen molar-refractivity contribution in [2.75, 3.05) is 0 Å². The molecule has 0 spiro atoms. The maximum absolute atomic E-state index is 5.76. The van der Waals surface area contributed by atoms with Crippen LogP contribution >= 0.6 is 23.4 Å². The van der Waals surface area contributed by atoms with Gasteiger partial charge in [-0.1, -0.05) is 35.5 Å². The standard InChI is InChI=1S/C13H10ClN3S/c14-12-5-4-10(7-15-12)9-18-13-16-8-11-3-1-2-6-17(11)13/h1-8H,9H2. The summed E-state index contributed by atoms with van der Waals surface area (Å²) in [6.45, 7) is 0. The topological polar surface area (TPSA) is 30.2 Å². The van der Waals surface area contributed by atoms with Crippen LogP contribution in [-0.2, 0) is 5.75 Å². The van der Waals surface area contributed by atoms with Crippen molar-refractivity contribution in [3.8, 4) is 0 Å². The van der Waals surface area contributed by atoms with Gasteiger partial charge < -0.3 is 0 Å². The van der Waals surface area contributed by atoms with Crippen molar-refractivity contribution in [1.29, 1.82) is 0 Å². The normalized spacial score (nSPS) is 10.9. The zero-order valence-electron chi connectivity index (χ0n) is 9.45. The highest BCUT2D eigenvalue weighted by Crippen LogP contribution is 2.22. The van der Waals surface area contributed by atoms with Crippen LogP contribution in [0, 0.1) is 0 Å². The minimum atomic E-state index is 0.523. The number of halogens is 1. The fraction of sp³-hybridized carbons (Fsp3) is 0.0769. The molecule has 5 heteroatoms. The molecule has 3 heterocycles. The molecule has 0 fully saturated rings. The van der Waals surface area contributed by atoms with E-state index in [2.05, 4.69) is 14.4 Å². The number of rotatable bonds is 3. The highest BCUT2D eigenvalue weighted by molar-refractivity contribution is 7.98. The molecule has 0 saturated heterocycles. The molecule has 0 atom stereocenters. The van der Waals surface area contributed by atoms with Gasteiger partial charge in [-0.2, -0.15) is 0 Å². The maximum Gasteiger partial charge on any atom is 0.172 e. The second kappa shape index (κ2) is 5.00. The quantitative estimate of drug-likeness (QED) is 0.540. The van der Waals surface area contributed by atoms with E-state index in [0.717, 1.165) is 22.0 Å². The van der Waals surface area contributed by atoms with Crippen LogP contribution in [-0.4, -0.2) is 14.4 Å². The van der Waals surface area contributed by atoms with Gasteiger partial charge in [0.2, 0.25) is 0 Å². The highest BCUT2D eigenvalue weighted by atomic mass is 35.5. The lowest BCUT2D eigenvalue weighted by atomic mass is 10.3. The Labute approximate surface area is 114 Å². The summed E-state index contributed by atoms with van der Waals surface area (Å²) in [5.74, 6) is 0.832. The van der Waals surface area contributed by atoms with Crippen LogP contribution < -0.4 is 0 Å². The molecule has 0 aliphatic heterocycles. The summed E-state index contributed by atoms with van der Waals surface area (Å²) in [6.07, 6.45) is 5.69. The zero-order chi connectivity index (χ0) is 12.4. The van der Waals surface area contributed by atoms with Crippen molar-refractivity contribution in [3.05, 3.63) is 59.6 Å². The SMILES string of the molecule is Clc1ccc(CSc2ncc3ccccn23)cn1. The molecule has 0 radical (unpaired) electrons. The molecule has 18 heavy (non-hydrogen) atoms. The molecule has 0 unspecified atom stereocenters. The van der Waals surface area contributed by atoms with Crippen LogP contribution in [0.15, 0.2) is 54.1 Å². The van der Waals surface area contributed by atoms with Gasteiger partial charge in [0, 0.05) is 18.1 Å². The van der Waals surface area contributed by atoms with Crippen molar-refractivity contribution < 1.29 is 0 Å². The van der Waals surface area contributed by atoms with E-state index in [-0.39, 0.29) is 0 Å². The summed E-state index contributed by atoms with van der Waals surface area (Å²) < 4.78 is 2.08. The summed E-state index contributed by atoms with van der Waals surface area (Å²) >= 11 is 7.44. The molecule has 3 aromatic rings. The van der Waals surface area contributed by atoms with Gasteiger partial charge in [0.1, 0.15) is 5.15 Å². The molecule has 0 saturated carbocycles. The van der Waals surface area contributed by atoms with Crippen LogP contribution in [0.25, 0.3) is 5.52 Å². The van der Waals surface area contributed by atoms with Gasteiger partial charge in [-0.3, -0.25) is 4.40 Å². The first kappa shape index (κ1) is 11.6. The van der Waals surface area contributed by atoms with E-state index in [1.54, 1.807) is 24.0 Å². The lowest BCUT2D eigenvalue weighted by Gasteiger charge is -2.01. The Bertz CT molecular complexity index is 663. The number of hydrogen-bond acceptors (Lipinski definition) is 3. The van der Waals surface area contributed by atoms with E-state index in [1.165, 1.54) is 0 Å². The van der Waals surface area contributed by atoms with E-state index in [1.807, 2.05) is 36.7 Å². The van der Waals surface area contributed by atoms with E-state index in [4.69, 9.17) is 11.6 Å². The third kappa shape index (κ3) is 2.35. The average Bonchev–Trinajstić information content (AvgIpc) is 2.82. The van der Waals surface area contributed by atoms with Crippen molar-refractivity contribution in [1.82, 2.24) is 14.4 Å². The highest BCUT2D eigenvalue weighted by Gasteiger charge is 2.04. The minimum absolute atomic E-state index is 0.523. The van der Waals surface area contributed by atoms with Gasteiger partial charge in [0.05, 0.1) is 11.7 Å². The Hall–Kier alpha value is -1.52. The molecule has 90 valence electrons. The van der Waals surface area contributed by atoms with E-state index in [0.29, 0.717) is 5.15 Å². The van der Waals surface area contributed by atoms with Crippen molar-refractivity contribution >= 4 is 28.9 Å². The molecule has 0 N–H and O–H groups in total. The monoisotopic (exact) mass is 275 g/mol. The lowest BCUT2D eigenvalue weighted by molar-refractivity contribution is 0.957. The van der Waals surface area contributed by atoms with Gasteiger partial charge in [-0.15, -0.1) is 0 Å². The van der Waals surface area contributed by atoms with E-state index >= 15 is 0 Å². The predicted octanol–water partition coefficient (Wildman–Crippen LogP) is 3.68. The average molecular weight is 276 g/mol. The first-order valence-corrected chi connectivity index (χ1v) is 6.84. The molecule has 3 aromatic heterocycles. The Kier molecular flexibility index (Phi) is 3.21. The Balaban J connectivity index is 1.79. The van der Waals surface area contributed by atoms with Gasteiger partial charge in [-0.25, -0.2) is 9.97 Å². The van der Waals surface area contributed by atoms with Crippen LogP contribution in [0.1, 0.15) is 5.56 Å². The maximum atomic E-state index is 5.76. The molecule has 3 nitrogen and oxygen atoms in total. The number of nitrogens with zero attached hydrogens (tertiary/aromatic N) is 3. The molecule has 3 rings (SSSR count). The fourth-order valence-corrected chi connectivity index (χ4v) is 2.68. The Morgan fingerprint density at radius 2 is 2.06 bits per heavy atom. The van der Waals surface area contributed by atoms with E-state index < -0.39 is 0 Å². The number of imidazole rings is 1. The summed E-state index contributed by atoms with van der Waals surface area (Å²) in [4.78, 5) is 8.47. The molecule has 0 bridgehead atoms. The molecular formula is C13H10ClN3S. The van der Waals surface area contributed by atoms with Gasteiger partial charge in [0.25, 0.3) is 0 Å². The largest absolute Gasteiger partial charge is 0.295 e. The van der Waals surface area contributed by atoms with Crippen molar-refractivity contribution in [3.63, 3.8) is 0 Å². The molecule has 0 aromatic carbocycles. The van der Waals surface area contributed by atoms with Crippen molar-refractivity contribution in [2.24, 2.45) is 0 Å². The van der Waals surface area contributed by atoms with Crippen molar-refractivity contribution in [2.45, 2.75) is 10.9 Å². The number of hydrogen-bond donors (Lipinski definition) is 0. The van der Waals surface area contributed by atoms with Crippen LogP contribution in [0.5, 0.6) is 0 Å². The predicted molar refractivity (Wildman–Crippen MR) is 74.0 cm³/mol. The van der Waals surface area contributed by atoms with Gasteiger partial charge in [-0.05, 0) is 23.8 Å². The summed E-state index contributed by atoms with van der Waals surface area (Å²) in [6, 6.07) is 9.84. The Morgan fingerprint density at radius 1 is 1.11 bits per heavy atom. The Morgan fingerprint density at radius 3 is 2.89 bits per heavy atom. The molecular weight excluding hydrogens is 266 g/mol. The fourth-order valence-electron chi connectivity index (χ4n) is 1.67. The smallest absolute Gasteiger partial charge is 0.172 e.